The molecule has 4 heteroatoms. The normalized spacial score (nSPS) is 21.5. The highest BCUT2D eigenvalue weighted by molar-refractivity contribution is 5.88. The summed E-state index contributed by atoms with van der Waals surface area (Å²) in [5.74, 6) is 0.287. The molecule has 1 aliphatic carbocycles. The number of nitrogens with zero attached hydrogens (tertiary/aromatic N) is 1. The lowest BCUT2D eigenvalue weighted by Crippen LogP contribution is -2.29. The van der Waals surface area contributed by atoms with Gasteiger partial charge in [-0.1, -0.05) is 35.9 Å². The number of hydrogen-bond donors (Lipinski definition) is 2. The number of rotatable bonds is 5. The highest BCUT2D eigenvalue weighted by atomic mass is 16.4. The molecule has 1 fully saturated rings. The largest absolute Gasteiger partial charge is 0.508 e. The van der Waals surface area contributed by atoms with E-state index in [0.29, 0.717) is 23.1 Å². The van der Waals surface area contributed by atoms with Crippen molar-refractivity contribution in [2.24, 2.45) is 5.92 Å². The van der Waals surface area contributed by atoms with Crippen LogP contribution in [0.3, 0.4) is 0 Å². The SMILES string of the molecule is CN(C)C[C@@H]1CCC(=Cc2cccc(C(=O)O)c2)C[C@@H]1c1cccc(O)c1. The number of carboxylic acids is 1. The molecule has 2 aromatic carbocycles. The molecule has 0 radical (unpaired) electrons. The van der Waals surface area contributed by atoms with Gasteiger partial charge in [0, 0.05) is 6.54 Å². The summed E-state index contributed by atoms with van der Waals surface area (Å²) in [5.41, 5.74) is 3.76. The predicted molar refractivity (Wildman–Crippen MR) is 108 cm³/mol. The van der Waals surface area contributed by atoms with Gasteiger partial charge in [0.2, 0.25) is 0 Å². The number of carbonyl (C=O) groups is 1. The van der Waals surface area contributed by atoms with Crippen LogP contribution in [0.4, 0.5) is 0 Å². The van der Waals surface area contributed by atoms with Crippen molar-refractivity contribution in [1.82, 2.24) is 4.90 Å². The lowest BCUT2D eigenvalue weighted by Gasteiger charge is -2.35. The van der Waals surface area contributed by atoms with E-state index in [1.165, 1.54) is 11.1 Å². The second-order valence-corrected chi connectivity index (χ2v) is 7.70. The monoisotopic (exact) mass is 365 g/mol. The number of aromatic carboxylic acids is 1. The quantitative estimate of drug-likeness (QED) is 0.812. The Labute approximate surface area is 160 Å². The van der Waals surface area contributed by atoms with E-state index in [-0.39, 0.29) is 0 Å². The van der Waals surface area contributed by atoms with Gasteiger partial charge in [-0.05, 0) is 80.6 Å². The predicted octanol–water partition coefficient (Wildman–Crippen LogP) is 4.62. The summed E-state index contributed by atoms with van der Waals surface area (Å²) in [7, 11) is 4.20. The van der Waals surface area contributed by atoms with E-state index in [2.05, 4.69) is 31.1 Å². The van der Waals surface area contributed by atoms with Gasteiger partial charge in [-0.25, -0.2) is 4.79 Å². The first kappa shape index (κ1) is 19.2. The Hall–Kier alpha value is -2.59. The van der Waals surface area contributed by atoms with Crippen LogP contribution < -0.4 is 0 Å². The van der Waals surface area contributed by atoms with Crippen molar-refractivity contribution < 1.29 is 15.0 Å². The van der Waals surface area contributed by atoms with Crippen LogP contribution in [-0.4, -0.2) is 41.7 Å². The van der Waals surface area contributed by atoms with Crippen LogP contribution >= 0.6 is 0 Å². The van der Waals surface area contributed by atoms with Gasteiger partial charge in [0.25, 0.3) is 0 Å². The van der Waals surface area contributed by atoms with E-state index in [1.54, 1.807) is 24.3 Å². The van der Waals surface area contributed by atoms with E-state index in [0.717, 1.165) is 31.4 Å². The molecule has 0 bridgehead atoms. The second-order valence-electron chi connectivity index (χ2n) is 7.70. The first-order chi connectivity index (χ1) is 12.9. The minimum Gasteiger partial charge on any atom is -0.508 e. The molecular weight excluding hydrogens is 338 g/mol. The zero-order valence-corrected chi connectivity index (χ0v) is 15.9. The maximum atomic E-state index is 11.2. The van der Waals surface area contributed by atoms with Gasteiger partial charge in [-0.15, -0.1) is 0 Å². The van der Waals surface area contributed by atoms with Crippen molar-refractivity contribution in [3.8, 4) is 5.75 Å². The van der Waals surface area contributed by atoms with E-state index >= 15 is 0 Å². The van der Waals surface area contributed by atoms with E-state index in [1.807, 2.05) is 18.2 Å². The summed E-state index contributed by atoms with van der Waals surface area (Å²) < 4.78 is 0. The maximum absolute atomic E-state index is 11.2. The Bertz CT molecular complexity index is 841. The van der Waals surface area contributed by atoms with Crippen molar-refractivity contribution in [2.75, 3.05) is 20.6 Å². The third kappa shape index (κ3) is 4.98. The van der Waals surface area contributed by atoms with Gasteiger partial charge in [0.15, 0.2) is 0 Å². The number of phenols is 1. The Morgan fingerprint density at radius 1 is 1.19 bits per heavy atom. The number of benzene rings is 2. The zero-order chi connectivity index (χ0) is 19.4. The summed E-state index contributed by atoms with van der Waals surface area (Å²) in [4.78, 5) is 13.4. The molecule has 0 saturated heterocycles. The molecule has 4 nitrogen and oxygen atoms in total. The standard InChI is InChI=1S/C23H27NO3/c1-24(2)15-20-10-9-17(11-16-5-3-7-19(12-16)23(26)27)13-22(20)18-6-4-8-21(25)14-18/h3-8,11-12,14,20,22,25H,9-10,13,15H2,1-2H3,(H,26,27)/t20-,22+/m0/s1. The third-order valence-electron chi connectivity index (χ3n) is 5.29. The molecule has 0 unspecified atom stereocenters. The fourth-order valence-electron chi connectivity index (χ4n) is 4.08. The van der Waals surface area contributed by atoms with Crippen LogP contribution in [-0.2, 0) is 0 Å². The smallest absolute Gasteiger partial charge is 0.335 e. The molecule has 2 N–H and O–H groups in total. The molecule has 0 aliphatic heterocycles. The Balaban J connectivity index is 1.87. The molecule has 142 valence electrons. The van der Waals surface area contributed by atoms with Crippen molar-refractivity contribution in [1.29, 1.82) is 0 Å². The molecule has 0 aromatic heterocycles. The van der Waals surface area contributed by atoms with Crippen LogP contribution in [0.1, 0.15) is 46.7 Å². The van der Waals surface area contributed by atoms with Gasteiger partial charge < -0.3 is 15.1 Å². The van der Waals surface area contributed by atoms with Crippen LogP contribution in [0.5, 0.6) is 5.75 Å². The van der Waals surface area contributed by atoms with E-state index in [9.17, 15) is 15.0 Å². The molecule has 1 saturated carbocycles. The highest BCUT2D eigenvalue weighted by Gasteiger charge is 2.29. The molecule has 2 aromatic rings. The van der Waals surface area contributed by atoms with Crippen molar-refractivity contribution in [2.45, 2.75) is 25.2 Å². The highest BCUT2D eigenvalue weighted by Crippen LogP contribution is 2.42. The number of hydrogen-bond acceptors (Lipinski definition) is 3. The molecule has 0 amide bonds. The fourth-order valence-corrected chi connectivity index (χ4v) is 4.08. The summed E-state index contributed by atoms with van der Waals surface area (Å²) in [5, 5.41) is 19.1. The average molecular weight is 365 g/mol. The van der Waals surface area contributed by atoms with Crippen LogP contribution in [0.15, 0.2) is 54.1 Å². The van der Waals surface area contributed by atoms with Crippen LogP contribution in [0, 0.1) is 5.92 Å². The summed E-state index contributed by atoms with van der Waals surface area (Å²) in [6.45, 7) is 1.02. The number of allylic oxidation sites excluding steroid dienone is 1. The molecule has 0 spiro atoms. The topological polar surface area (TPSA) is 60.8 Å². The lowest BCUT2D eigenvalue weighted by atomic mass is 9.73. The van der Waals surface area contributed by atoms with E-state index < -0.39 is 5.97 Å². The van der Waals surface area contributed by atoms with E-state index in [4.69, 9.17) is 0 Å². The molecule has 2 atom stereocenters. The average Bonchev–Trinajstić information content (AvgIpc) is 2.63. The fraction of sp³-hybridized carbons (Fsp3) is 0.348. The lowest BCUT2D eigenvalue weighted by molar-refractivity contribution is 0.0697. The molecule has 0 heterocycles. The maximum Gasteiger partial charge on any atom is 0.335 e. The Morgan fingerprint density at radius 2 is 1.96 bits per heavy atom. The second kappa shape index (κ2) is 8.40. The minimum atomic E-state index is -0.900. The molecule has 1 aliphatic rings. The zero-order valence-electron chi connectivity index (χ0n) is 15.9. The van der Waals surface area contributed by atoms with Crippen molar-refractivity contribution >= 4 is 12.0 Å². The van der Waals surface area contributed by atoms with Gasteiger partial charge in [0.05, 0.1) is 5.56 Å². The first-order valence-electron chi connectivity index (χ1n) is 9.39. The summed E-state index contributed by atoms with van der Waals surface area (Å²) in [6, 6.07) is 14.7. The molecular formula is C23H27NO3. The van der Waals surface area contributed by atoms with Gasteiger partial charge in [-0.3, -0.25) is 0 Å². The summed E-state index contributed by atoms with van der Waals surface area (Å²) >= 11 is 0. The number of phenolic OH excluding ortho intramolecular Hbond substituents is 1. The van der Waals surface area contributed by atoms with Crippen molar-refractivity contribution in [3.05, 3.63) is 70.8 Å². The summed E-state index contributed by atoms with van der Waals surface area (Å²) in [6.07, 6.45) is 5.17. The Morgan fingerprint density at radius 3 is 2.67 bits per heavy atom. The first-order valence-corrected chi connectivity index (χ1v) is 9.39. The minimum absolute atomic E-state index is 0.307. The molecule has 3 rings (SSSR count). The number of aromatic hydroxyl groups is 1. The van der Waals surface area contributed by atoms with Gasteiger partial charge >= 0.3 is 5.97 Å². The third-order valence-corrected chi connectivity index (χ3v) is 5.29. The molecule has 27 heavy (non-hydrogen) atoms. The Kier molecular flexibility index (Phi) is 5.97. The van der Waals surface area contributed by atoms with Crippen LogP contribution in [0.25, 0.3) is 6.08 Å². The number of carboxylic acid groups (broad SMARTS) is 1. The van der Waals surface area contributed by atoms with Gasteiger partial charge in [-0.2, -0.15) is 0 Å². The van der Waals surface area contributed by atoms with Crippen molar-refractivity contribution in [3.63, 3.8) is 0 Å². The van der Waals surface area contributed by atoms with Crippen LogP contribution in [0.2, 0.25) is 0 Å². The van der Waals surface area contributed by atoms with Gasteiger partial charge in [0.1, 0.15) is 5.75 Å².